The first kappa shape index (κ1) is 35.5. The van der Waals surface area contributed by atoms with Crippen LogP contribution < -0.4 is 4.74 Å². The molecule has 2 fully saturated rings. The molecule has 1 saturated heterocycles. The second-order valence-electron chi connectivity index (χ2n) is 12.3. The van der Waals surface area contributed by atoms with Gasteiger partial charge in [-0.15, -0.1) is 6.58 Å². The van der Waals surface area contributed by atoms with Gasteiger partial charge in [0, 0.05) is 25.3 Å². The maximum Gasteiger partial charge on any atom is 0.165 e. The minimum Gasteiger partial charge on any atom is -0.504 e. The summed E-state index contributed by atoms with van der Waals surface area (Å²) in [6, 6.07) is 3.69. The number of phenols is 1. The quantitative estimate of drug-likeness (QED) is 0.0958. The number of hydrogen-bond donors (Lipinski definition) is 2. The summed E-state index contributed by atoms with van der Waals surface area (Å²) in [7, 11) is 1.65. The molecule has 260 valence electrons. The predicted octanol–water partition coefficient (Wildman–Crippen LogP) is 1.86. The van der Waals surface area contributed by atoms with Crippen LogP contribution in [0.25, 0.3) is 0 Å². The van der Waals surface area contributed by atoms with Crippen molar-refractivity contribution >= 4 is 0 Å². The van der Waals surface area contributed by atoms with Gasteiger partial charge in [0.05, 0.1) is 110 Å². The van der Waals surface area contributed by atoms with E-state index in [1.54, 1.807) is 13.2 Å². The van der Waals surface area contributed by atoms with E-state index in [1.807, 2.05) is 12.1 Å². The standard InChI is InChI=1S/C34H53NO11/c1-3-9-35-10-8-33-30-26-4-5-27(36)31(30)46-32(33)28(6-7-34(33,37)29(35)25-26)45-24-23-44-22-21-43-20-19-42-18-17-41-16-15-40-14-13-39-12-11-38-2/h3-5,28-29,32,36-37H,1,6-25H2,2H3/t28-,29+,32-,33-,34+/m0/s1/i19+1,20+1,21+1,22+1,23+1,24+1. The molecule has 5 atom stereocenters. The Morgan fingerprint density at radius 1 is 0.848 bits per heavy atom. The molecule has 0 radical (unpaired) electrons. The van der Waals surface area contributed by atoms with Gasteiger partial charge in [0.15, 0.2) is 11.5 Å². The number of aromatic hydroxyl groups is 1. The number of rotatable bonds is 24. The Bertz CT molecular complexity index is 1090. The number of nitrogens with zero attached hydrogens (tertiary/aromatic N) is 1. The topological polar surface area (TPSA) is 127 Å². The summed E-state index contributed by atoms with van der Waals surface area (Å²) in [6.45, 7) is 12.6. The van der Waals surface area contributed by atoms with Crippen molar-refractivity contribution in [2.45, 2.75) is 54.9 Å². The lowest BCUT2D eigenvalue weighted by molar-refractivity contribution is -0.215. The highest BCUT2D eigenvalue weighted by Crippen LogP contribution is 2.65. The molecular weight excluding hydrogens is 604 g/mol. The van der Waals surface area contributed by atoms with Gasteiger partial charge in [-0.25, -0.2) is 0 Å². The van der Waals surface area contributed by atoms with Crippen LogP contribution in [-0.4, -0.2) is 152 Å². The fourth-order valence-electron chi connectivity index (χ4n) is 7.74. The Labute approximate surface area is 272 Å². The second kappa shape index (κ2) is 17.5. The van der Waals surface area contributed by atoms with E-state index in [2.05, 4.69) is 11.5 Å². The lowest BCUT2D eigenvalue weighted by Gasteiger charge is -2.64. The third kappa shape index (κ3) is 7.72. The van der Waals surface area contributed by atoms with E-state index in [9.17, 15) is 10.2 Å². The van der Waals surface area contributed by atoms with Crippen LogP contribution in [0, 0.1) is 0 Å². The zero-order valence-electron chi connectivity index (χ0n) is 27.3. The van der Waals surface area contributed by atoms with Crippen molar-refractivity contribution in [2.24, 2.45) is 0 Å². The molecule has 2 aliphatic heterocycles. The summed E-state index contributed by atoms with van der Waals surface area (Å²) in [5.74, 6) is 0.660. The SMILES string of the molecule is C=CCN1CC[C@]23c4c5ccc(O)c4O[C@H]2[C@@H](O[13CH2][13CH2]O[13CH2][13CH2]O[13CH2][13CH2]OCCOCCOCCOCCOC)CC[C@@]3(O)[C@H]1C5. The molecule has 0 unspecified atom stereocenters. The summed E-state index contributed by atoms with van der Waals surface area (Å²) < 4.78 is 50.9. The molecule has 1 saturated carbocycles. The molecule has 12 nitrogen and oxygen atoms in total. The van der Waals surface area contributed by atoms with Crippen LogP contribution in [-0.2, 0) is 49.7 Å². The lowest BCUT2D eigenvalue weighted by atomic mass is 9.48. The predicted molar refractivity (Wildman–Crippen MR) is 169 cm³/mol. The van der Waals surface area contributed by atoms with E-state index in [0.717, 1.165) is 37.1 Å². The number of ether oxygens (including phenoxy) is 9. The molecule has 12 heteroatoms. The van der Waals surface area contributed by atoms with E-state index >= 15 is 0 Å². The van der Waals surface area contributed by atoms with E-state index < -0.39 is 11.0 Å². The van der Waals surface area contributed by atoms with E-state index in [4.69, 9.17) is 42.6 Å². The maximum absolute atomic E-state index is 12.4. The van der Waals surface area contributed by atoms with E-state index in [-0.39, 0.29) is 24.0 Å². The number of aliphatic hydroxyl groups is 1. The van der Waals surface area contributed by atoms with Gasteiger partial charge >= 0.3 is 0 Å². The smallest absolute Gasteiger partial charge is 0.165 e. The molecule has 1 aromatic rings. The number of hydrogen-bond acceptors (Lipinski definition) is 12. The van der Waals surface area contributed by atoms with Crippen LogP contribution in [0.4, 0.5) is 0 Å². The summed E-state index contributed by atoms with van der Waals surface area (Å²) in [4.78, 5) is 2.35. The monoisotopic (exact) mass is 657 g/mol. The summed E-state index contributed by atoms with van der Waals surface area (Å²) >= 11 is 0. The highest BCUT2D eigenvalue weighted by atomic mass is 16.7. The number of piperidine rings is 1. The van der Waals surface area contributed by atoms with Crippen LogP contribution in [0.1, 0.15) is 30.4 Å². The van der Waals surface area contributed by atoms with Crippen molar-refractivity contribution in [3.05, 3.63) is 35.9 Å². The molecule has 1 aromatic carbocycles. The van der Waals surface area contributed by atoms with Gasteiger partial charge in [0.1, 0.15) is 6.10 Å². The van der Waals surface area contributed by atoms with Crippen molar-refractivity contribution in [1.29, 1.82) is 0 Å². The molecule has 2 aliphatic carbocycles. The van der Waals surface area contributed by atoms with Gasteiger partial charge in [0.2, 0.25) is 0 Å². The van der Waals surface area contributed by atoms with Gasteiger partial charge in [-0.2, -0.15) is 0 Å². The summed E-state index contributed by atoms with van der Waals surface area (Å²) in [6.07, 6.45) is 4.12. The van der Waals surface area contributed by atoms with Crippen LogP contribution >= 0.6 is 0 Å². The molecule has 2 N–H and O–H groups in total. The summed E-state index contributed by atoms with van der Waals surface area (Å²) in [5.41, 5.74) is 0.592. The van der Waals surface area contributed by atoms with Gasteiger partial charge in [-0.1, -0.05) is 12.1 Å². The Morgan fingerprint density at radius 3 is 1.98 bits per heavy atom. The number of benzene rings is 1. The first-order chi connectivity index (χ1) is 22.6. The number of methoxy groups -OCH3 is 1. The average Bonchev–Trinajstić information content (AvgIpc) is 3.41. The first-order valence-corrected chi connectivity index (χ1v) is 16.7. The Kier molecular flexibility index (Phi) is 13.5. The molecular formula is C34H53NO11. The van der Waals surface area contributed by atoms with E-state index in [0.29, 0.717) is 111 Å². The Morgan fingerprint density at radius 2 is 1.41 bits per heavy atom. The van der Waals surface area contributed by atoms with Crippen molar-refractivity contribution in [2.75, 3.05) is 113 Å². The summed E-state index contributed by atoms with van der Waals surface area (Å²) in [5, 5.41) is 23.1. The fourth-order valence-corrected chi connectivity index (χ4v) is 7.74. The minimum absolute atomic E-state index is 0.0238. The van der Waals surface area contributed by atoms with Gasteiger partial charge < -0.3 is 52.8 Å². The van der Waals surface area contributed by atoms with Crippen molar-refractivity contribution in [3.63, 3.8) is 0 Å². The van der Waals surface area contributed by atoms with E-state index in [1.165, 1.54) is 0 Å². The van der Waals surface area contributed by atoms with Crippen molar-refractivity contribution in [1.82, 2.24) is 4.90 Å². The molecule has 4 aliphatic rings. The first-order valence-electron chi connectivity index (χ1n) is 16.7. The molecule has 0 aromatic heterocycles. The lowest BCUT2D eigenvalue weighted by Crippen LogP contribution is -2.77. The van der Waals surface area contributed by atoms with Gasteiger partial charge in [0.25, 0.3) is 0 Å². The fraction of sp³-hybridized carbons (Fsp3) is 0.765. The number of phenolic OH excluding ortho intramolecular Hbond substituents is 1. The highest BCUT2D eigenvalue weighted by Gasteiger charge is 2.73. The molecule has 2 heterocycles. The normalized spacial score (nSPS) is 27.8. The Hall–Kier alpha value is -1.84. The van der Waals surface area contributed by atoms with Gasteiger partial charge in [-0.3, -0.25) is 4.90 Å². The molecule has 1 spiro atoms. The molecule has 46 heavy (non-hydrogen) atoms. The van der Waals surface area contributed by atoms with Crippen LogP contribution in [0.2, 0.25) is 0 Å². The van der Waals surface area contributed by atoms with Gasteiger partial charge in [-0.05, 0) is 43.9 Å². The minimum atomic E-state index is -0.954. The van der Waals surface area contributed by atoms with Crippen LogP contribution in [0.15, 0.2) is 24.8 Å². The molecule has 0 amide bonds. The molecule has 2 bridgehead atoms. The van der Waals surface area contributed by atoms with Crippen LogP contribution in [0.5, 0.6) is 11.5 Å². The maximum atomic E-state index is 12.4. The van der Waals surface area contributed by atoms with Crippen molar-refractivity contribution in [3.8, 4) is 11.5 Å². The Balaban J connectivity index is 0.930. The van der Waals surface area contributed by atoms with Crippen molar-refractivity contribution < 1.29 is 52.8 Å². The third-order valence-corrected chi connectivity index (χ3v) is 9.73. The largest absolute Gasteiger partial charge is 0.504 e. The van der Waals surface area contributed by atoms with Crippen LogP contribution in [0.3, 0.4) is 0 Å². The third-order valence-electron chi connectivity index (χ3n) is 9.73. The zero-order chi connectivity index (χ0) is 32.2. The highest BCUT2D eigenvalue weighted by molar-refractivity contribution is 5.62. The molecule has 5 rings (SSSR count). The second-order valence-corrected chi connectivity index (χ2v) is 12.3. The average molecular weight is 658 g/mol. The zero-order valence-corrected chi connectivity index (χ0v) is 27.3. The number of likely N-dealkylation sites (tertiary alicyclic amines) is 1.